The van der Waals surface area contributed by atoms with E-state index in [0.29, 0.717) is 21.6 Å². The zero-order chi connectivity index (χ0) is 11.0. The fourth-order valence-electron chi connectivity index (χ4n) is 1.21. The van der Waals surface area contributed by atoms with Gasteiger partial charge in [0.1, 0.15) is 0 Å². The Balaban J connectivity index is 2.58. The highest BCUT2D eigenvalue weighted by Crippen LogP contribution is 2.27. The van der Waals surface area contributed by atoms with Gasteiger partial charge in [0.25, 0.3) is 0 Å². The molecule has 15 heavy (non-hydrogen) atoms. The molecule has 6 heteroatoms. The third kappa shape index (κ3) is 1.91. The van der Waals surface area contributed by atoms with Gasteiger partial charge in [-0.05, 0) is 24.6 Å². The lowest BCUT2D eigenvalue weighted by molar-refractivity contribution is 0.804. The second-order valence-corrected chi connectivity index (χ2v) is 3.96. The van der Waals surface area contributed by atoms with Crippen LogP contribution in [0.5, 0.6) is 0 Å². The molecule has 0 amide bonds. The quantitative estimate of drug-likeness (QED) is 0.836. The second kappa shape index (κ2) is 3.72. The van der Waals surface area contributed by atoms with Gasteiger partial charge in [-0.2, -0.15) is 0 Å². The van der Waals surface area contributed by atoms with Crippen molar-refractivity contribution in [1.29, 1.82) is 0 Å². The maximum Gasteiger partial charge on any atom is 0.166 e. The van der Waals surface area contributed by atoms with Crippen LogP contribution < -0.4 is 5.73 Å². The van der Waals surface area contributed by atoms with E-state index in [2.05, 4.69) is 10.3 Å². The number of benzene rings is 1. The molecule has 0 aliphatic heterocycles. The van der Waals surface area contributed by atoms with E-state index in [1.165, 1.54) is 4.68 Å². The minimum Gasteiger partial charge on any atom is -0.381 e. The summed E-state index contributed by atoms with van der Waals surface area (Å²) in [4.78, 5) is 0. The molecule has 2 aromatic rings. The monoisotopic (exact) mass is 242 g/mol. The van der Waals surface area contributed by atoms with Gasteiger partial charge in [-0.1, -0.05) is 28.4 Å². The van der Waals surface area contributed by atoms with Crippen molar-refractivity contribution in [3.63, 3.8) is 0 Å². The minimum atomic E-state index is 0.336. The molecule has 78 valence electrons. The summed E-state index contributed by atoms with van der Waals surface area (Å²) < 4.78 is 1.49. The first kappa shape index (κ1) is 10.3. The van der Waals surface area contributed by atoms with Crippen molar-refractivity contribution in [3.05, 3.63) is 33.9 Å². The third-order valence-corrected chi connectivity index (χ3v) is 2.70. The van der Waals surface area contributed by atoms with Gasteiger partial charge in [0.15, 0.2) is 5.82 Å². The minimum absolute atomic E-state index is 0.336. The Kier molecular flexibility index (Phi) is 2.54. The van der Waals surface area contributed by atoms with Crippen LogP contribution in [0, 0.1) is 6.92 Å². The molecule has 0 spiro atoms. The molecule has 0 fully saturated rings. The number of nitrogen functional groups attached to an aromatic ring is 1. The van der Waals surface area contributed by atoms with Crippen molar-refractivity contribution in [2.24, 2.45) is 0 Å². The van der Waals surface area contributed by atoms with Crippen molar-refractivity contribution in [1.82, 2.24) is 15.0 Å². The van der Waals surface area contributed by atoms with Crippen molar-refractivity contribution < 1.29 is 0 Å². The zero-order valence-corrected chi connectivity index (χ0v) is 9.42. The molecule has 1 heterocycles. The van der Waals surface area contributed by atoms with Crippen LogP contribution in [0.2, 0.25) is 10.0 Å². The zero-order valence-electron chi connectivity index (χ0n) is 7.91. The van der Waals surface area contributed by atoms with E-state index in [1.54, 1.807) is 18.3 Å². The average Bonchev–Trinajstić information content (AvgIpc) is 2.58. The molecule has 2 N–H and O–H groups in total. The van der Waals surface area contributed by atoms with Gasteiger partial charge in [0.2, 0.25) is 0 Å². The van der Waals surface area contributed by atoms with Crippen LogP contribution in [0.15, 0.2) is 18.3 Å². The molecule has 1 aromatic carbocycles. The number of halogens is 2. The number of anilines is 1. The van der Waals surface area contributed by atoms with Gasteiger partial charge in [-0.15, -0.1) is 5.10 Å². The van der Waals surface area contributed by atoms with Crippen molar-refractivity contribution >= 4 is 29.0 Å². The summed E-state index contributed by atoms with van der Waals surface area (Å²) in [5, 5.41) is 8.68. The number of hydrogen-bond acceptors (Lipinski definition) is 3. The van der Waals surface area contributed by atoms with Gasteiger partial charge >= 0.3 is 0 Å². The topological polar surface area (TPSA) is 56.7 Å². The summed E-state index contributed by atoms with van der Waals surface area (Å²) in [5.74, 6) is 0.336. The SMILES string of the molecule is Cc1cc(Cl)c(-n2cc(N)nn2)cc1Cl. The van der Waals surface area contributed by atoms with Gasteiger partial charge < -0.3 is 5.73 Å². The predicted molar refractivity (Wildman–Crippen MR) is 60.5 cm³/mol. The van der Waals surface area contributed by atoms with Gasteiger partial charge in [0.05, 0.1) is 16.9 Å². The smallest absolute Gasteiger partial charge is 0.166 e. The normalized spacial score (nSPS) is 10.6. The lowest BCUT2D eigenvalue weighted by Crippen LogP contribution is -1.96. The number of rotatable bonds is 1. The van der Waals surface area contributed by atoms with E-state index in [9.17, 15) is 0 Å². The summed E-state index contributed by atoms with van der Waals surface area (Å²) in [6, 6.07) is 3.50. The molecule has 0 bridgehead atoms. The summed E-state index contributed by atoms with van der Waals surface area (Å²) in [6.07, 6.45) is 1.58. The Labute approximate surface area is 96.6 Å². The first-order chi connectivity index (χ1) is 7.08. The Morgan fingerprint density at radius 1 is 1.27 bits per heavy atom. The fraction of sp³-hybridized carbons (Fsp3) is 0.111. The highest BCUT2D eigenvalue weighted by Gasteiger charge is 2.08. The Morgan fingerprint density at radius 3 is 2.60 bits per heavy atom. The van der Waals surface area contributed by atoms with Crippen LogP contribution in [-0.2, 0) is 0 Å². The van der Waals surface area contributed by atoms with E-state index in [0.717, 1.165) is 5.56 Å². The van der Waals surface area contributed by atoms with Crippen molar-refractivity contribution in [2.45, 2.75) is 6.92 Å². The van der Waals surface area contributed by atoms with Crippen LogP contribution in [0.1, 0.15) is 5.56 Å². The lowest BCUT2D eigenvalue weighted by Gasteiger charge is -2.05. The Bertz CT molecular complexity index is 507. The molecular formula is C9H8Cl2N4. The third-order valence-electron chi connectivity index (χ3n) is 1.99. The molecule has 0 aliphatic rings. The van der Waals surface area contributed by atoms with Crippen LogP contribution in [-0.4, -0.2) is 15.0 Å². The first-order valence-electron chi connectivity index (χ1n) is 4.22. The van der Waals surface area contributed by atoms with Crippen LogP contribution in [0.3, 0.4) is 0 Å². The molecule has 0 atom stereocenters. The molecule has 4 nitrogen and oxygen atoms in total. The van der Waals surface area contributed by atoms with Gasteiger partial charge in [-0.3, -0.25) is 0 Å². The van der Waals surface area contributed by atoms with Gasteiger partial charge in [-0.25, -0.2) is 4.68 Å². The predicted octanol–water partition coefficient (Wildman–Crippen LogP) is 2.46. The van der Waals surface area contributed by atoms with E-state index in [4.69, 9.17) is 28.9 Å². The van der Waals surface area contributed by atoms with Crippen molar-refractivity contribution in [2.75, 3.05) is 5.73 Å². The molecule has 0 aliphatic carbocycles. The molecule has 1 aromatic heterocycles. The summed E-state index contributed by atoms with van der Waals surface area (Å²) in [5.41, 5.74) is 7.04. The number of aryl methyl sites for hydroxylation is 1. The average molecular weight is 243 g/mol. The number of nitrogens with zero attached hydrogens (tertiary/aromatic N) is 3. The van der Waals surface area contributed by atoms with E-state index in [1.807, 2.05) is 6.92 Å². The number of aromatic nitrogens is 3. The molecule has 0 unspecified atom stereocenters. The first-order valence-corrected chi connectivity index (χ1v) is 4.97. The Morgan fingerprint density at radius 2 is 2.00 bits per heavy atom. The molecular weight excluding hydrogens is 235 g/mol. The second-order valence-electron chi connectivity index (χ2n) is 3.14. The maximum absolute atomic E-state index is 6.06. The highest BCUT2D eigenvalue weighted by molar-refractivity contribution is 6.35. The molecule has 0 saturated heterocycles. The lowest BCUT2D eigenvalue weighted by atomic mass is 10.2. The van der Waals surface area contributed by atoms with Gasteiger partial charge in [0, 0.05) is 5.02 Å². The molecule has 0 saturated carbocycles. The van der Waals surface area contributed by atoms with E-state index in [-0.39, 0.29) is 0 Å². The summed E-state index contributed by atoms with van der Waals surface area (Å²) in [7, 11) is 0. The van der Waals surface area contributed by atoms with Crippen LogP contribution in [0.25, 0.3) is 5.69 Å². The fourth-order valence-corrected chi connectivity index (χ4v) is 1.67. The number of nitrogens with two attached hydrogens (primary N) is 1. The number of hydrogen-bond donors (Lipinski definition) is 1. The van der Waals surface area contributed by atoms with E-state index < -0.39 is 0 Å². The van der Waals surface area contributed by atoms with Crippen LogP contribution >= 0.6 is 23.2 Å². The van der Waals surface area contributed by atoms with Crippen LogP contribution in [0.4, 0.5) is 5.82 Å². The summed E-state index contributed by atoms with van der Waals surface area (Å²) >= 11 is 12.0. The maximum atomic E-state index is 6.06. The molecule has 0 radical (unpaired) electrons. The largest absolute Gasteiger partial charge is 0.381 e. The summed E-state index contributed by atoms with van der Waals surface area (Å²) in [6.45, 7) is 1.88. The molecule has 2 rings (SSSR count). The standard InChI is InChI=1S/C9H8Cl2N4/c1-5-2-7(11)8(3-6(5)10)15-4-9(12)13-14-15/h2-4H,12H2,1H3. The van der Waals surface area contributed by atoms with E-state index >= 15 is 0 Å². The Hall–Kier alpha value is -1.26. The highest BCUT2D eigenvalue weighted by atomic mass is 35.5. The van der Waals surface area contributed by atoms with Crippen molar-refractivity contribution in [3.8, 4) is 5.69 Å².